The largest absolute Gasteiger partial charge is 0.493 e. The van der Waals surface area contributed by atoms with E-state index in [9.17, 15) is 4.79 Å². The quantitative estimate of drug-likeness (QED) is 0.117. The van der Waals surface area contributed by atoms with E-state index in [4.69, 9.17) is 30.5 Å². The third kappa shape index (κ3) is 10.0. The first-order valence-corrected chi connectivity index (χ1v) is 13.3. The Bertz CT molecular complexity index is 1440. The second kappa shape index (κ2) is 16.1. The molecule has 0 aliphatic heterocycles. The smallest absolute Gasteiger partial charge is 0.300 e. The van der Waals surface area contributed by atoms with Gasteiger partial charge in [0.25, 0.3) is 5.97 Å². The predicted octanol–water partition coefficient (Wildman–Crippen LogP) is 5.16. The number of hydrogen-bond acceptors (Lipinski definition) is 6. The molecule has 0 aromatic heterocycles. The average molecular weight is 569 g/mol. The van der Waals surface area contributed by atoms with E-state index in [0.717, 1.165) is 35.7 Å². The number of amidine groups is 1. The van der Waals surface area contributed by atoms with Crippen LogP contribution < -0.4 is 25.8 Å². The van der Waals surface area contributed by atoms with Gasteiger partial charge in [0.05, 0.1) is 7.11 Å². The van der Waals surface area contributed by atoms with Crippen LogP contribution in [0, 0.1) is 5.41 Å². The van der Waals surface area contributed by atoms with Crippen LogP contribution in [0.3, 0.4) is 0 Å². The van der Waals surface area contributed by atoms with Gasteiger partial charge < -0.3 is 30.9 Å². The van der Waals surface area contributed by atoms with Crippen LogP contribution in [0.1, 0.15) is 35.2 Å². The van der Waals surface area contributed by atoms with Gasteiger partial charge in [-0.3, -0.25) is 15.0 Å². The minimum Gasteiger partial charge on any atom is -0.493 e. The summed E-state index contributed by atoms with van der Waals surface area (Å²) >= 11 is 0. The molecule has 0 bridgehead atoms. The number of amides is 1. The second-order valence-corrected chi connectivity index (χ2v) is 9.30. The standard InChI is InChI=1S/C31H32N4O3.C2H4O2/c1-37-28-20-25(14-17-27(28)38-21-23-10-6-3-7-11-23)29(35-26-15-12-24(13-16-26)30(32)33)31(36)34-19-18-22-8-4-2-5-9-22;1-2(3)4/h2-17,20,29,35H,18-19,21H2,1H3,(H3,32,33)(H,34,36);1H3,(H,3,4)/t29-;/m1./s1. The highest BCUT2D eigenvalue weighted by Crippen LogP contribution is 2.32. The molecule has 0 saturated carbocycles. The van der Waals surface area contributed by atoms with Gasteiger partial charge in [0.1, 0.15) is 18.5 Å². The minimum absolute atomic E-state index is 0.0115. The summed E-state index contributed by atoms with van der Waals surface area (Å²) in [6, 6.07) is 31.8. The number of hydrogen-bond donors (Lipinski definition) is 5. The van der Waals surface area contributed by atoms with Crippen molar-refractivity contribution in [1.82, 2.24) is 5.32 Å². The molecule has 218 valence electrons. The fourth-order valence-corrected chi connectivity index (χ4v) is 4.01. The number of anilines is 1. The third-order valence-corrected chi connectivity index (χ3v) is 6.08. The molecule has 4 aromatic rings. The lowest BCUT2D eigenvalue weighted by molar-refractivity contribution is -0.134. The third-order valence-electron chi connectivity index (χ3n) is 6.08. The Hall–Kier alpha value is -5.31. The molecular formula is C33H36N4O5. The van der Waals surface area contributed by atoms with Crippen molar-refractivity contribution in [2.75, 3.05) is 19.0 Å². The Kier molecular flexibility index (Phi) is 11.9. The Balaban J connectivity index is 0.00000114. The van der Waals surface area contributed by atoms with E-state index in [-0.39, 0.29) is 11.7 Å². The first kappa shape index (κ1) is 31.2. The molecule has 0 aliphatic carbocycles. The number of nitrogens with one attached hydrogen (secondary N) is 3. The number of carboxylic acids is 1. The average Bonchev–Trinajstić information content (AvgIpc) is 2.99. The van der Waals surface area contributed by atoms with Crippen LogP contribution in [-0.2, 0) is 22.6 Å². The Labute approximate surface area is 245 Å². The Morgan fingerprint density at radius 1 is 0.881 bits per heavy atom. The highest BCUT2D eigenvalue weighted by Gasteiger charge is 2.22. The first-order chi connectivity index (χ1) is 20.3. The van der Waals surface area contributed by atoms with Gasteiger partial charge in [-0.1, -0.05) is 66.7 Å². The van der Waals surface area contributed by atoms with Gasteiger partial charge in [-0.15, -0.1) is 0 Å². The molecule has 0 fully saturated rings. The molecule has 1 amide bonds. The van der Waals surface area contributed by atoms with E-state index >= 15 is 0 Å². The number of nitrogen functional groups attached to an aromatic ring is 1. The maximum Gasteiger partial charge on any atom is 0.300 e. The van der Waals surface area contributed by atoms with Gasteiger partial charge in [0.15, 0.2) is 11.5 Å². The zero-order valence-corrected chi connectivity index (χ0v) is 23.7. The molecule has 9 nitrogen and oxygen atoms in total. The summed E-state index contributed by atoms with van der Waals surface area (Å²) in [4.78, 5) is 22.4. The van der Waals surface area contributed by atoms with Gasteiger partial charge >= 0.3 is 0 Å². The zero-order valence-electron chi connectivity index (χ0n) is 23.7. The maximum atomic E-state index is 13.4. The summed E-state index contributed by atoms with van der Waals surface area (Å²) in [5.41, 5.74) is 9.85. The van der Waals surface area contributed by atoms with E-state index in [1.54, 1.807) is 31.4 Å². The van der Waals surface area contributed by atoms with Gasteiger partial charge in [-0.25, -0.2) is 0 Å². The van der Waals surface area contributed by atoms with Gasteiger partial charge in [-0.05, 0) is 59.5 Å². The van der Waals surface area contributed by atoms with E-state index < -0.39 is 12.0 Å². The number of ether oxygens (including phenoxy) is 2. The summed E-state index contributed by atoms with van der Waals surface area (Å²) in [6.45, 7) is 1.99. The van der Waals surface area contributed by atoms with Gasteiger partial charge in [0, 0.05) is 24.7 Å². The lowest BCUT2D eigenvalue weighted by Crippen LogP contribution is -2.34. The SMILES string of the molecule is CC(=O)O.COc1cc([C@@H](Nc2ccc(C(=N)N)cc2)C(=O)NCCc2ccccc2)ccc1OCc1ccccc1. The van der Waals surface area contributed by atoms with Crippen molar-refractivity contribution in [3.8, 4) is 11.5 Å². The van der Waals surface area contributed by atoms with E-state index in [2.05, 4.69) is 10.6 Å². The van der Waals surface area contributed by atoms with Crippen molar-refractivity contribution in [3.05, 3.63) is 125 Å². The van der Waals surface area contributed by atoms with Crippen LogP contribution in [0.5, 0.6) is 11.5 Å². The summed E-state index contributed by atoms with van der Waals surface area (Å²) in [5.74, 6) is 0.113. The van der Waals surface area contributed by atoms with Crippen LogP contribution >= 0.6 is 0 Å². The summed E-state index contributed by atoms with van der Waals surface area (Å²) < 4.78 is 11.6. The molecular weight excluding hydrogens is 532 g/mol. The molecule has 0 aliphatic rings. The molecule has 4 aromatic carbocycles. The maximum absolute atomic E-state index is 13.4. The molecule has 0 spiro atoms. The molecule has 0 radical (unpaired) electrons. The molecule has 1 atom stereocenters. The molecule has 0 unspecified atom stereocenters. The van der Waals surface area contributed by atoms with E-state index in [1.165, 1.54) is 0 Å². The fraction of sp³-hybridized carbons (Fsp3) is 0.182. The van der Waals surface area contributed by atoms with Gasteiger partial charge in [0.2, 0.25) is 5.91 Å². The first-order valence-electron chi connectivity index (χ1n) is 13.3. The minimum atomic E-state index is -0.833. The van der Waals surface area contributed by atoms with Crippen LogP contribution in [-0.4, -0.2) is 36.5 Å². The summed E-state index contributed by atoms with van der Waals surface area (Å²) in [6.07, 6.45) is 0.724. The van der Waals surface area contributed by atoms with Crippen LogP contribution in [0.15, 0.2) is 103 Å². The number of aliphatic carboxylic acids is 1. The predicted molar refractivity (Wildman–Crippen MR) is 164 cm³/mol. The molecule has 9 heteroatoms. The topological polar surface area (TPSA) is 147 Å². The number of nitrogens with two attached hydrogens (primary N) is 1. The van der Waals surface area contributed by atoms with Crippen LogP contribution in [0.4, 0.5) is 5.69 Å². The molecule has 42 heavy (non-hydrogen) atoms. The molecule has 0 heterocycles. The molecule has 6 N–H and O–H groups in total. The number of methoxy groups -OCH3 is 1. The molecule has 4 rings (SSSR count). The van der Waals surface area contributed by atoms with E-state index in [0.29, 0.717) is 30.2 Å². The van der Waals surface area contributed by atoms with Crippen LogP contribution in [0.25, 0.3) is 0 Å². The van der Waals surface area contributed by atoms with Crippen molar-refractivity contribution < 1.29 is 24.2 Å². The van der Waals surface area contributed by atoms with Gasteiger partial charge in [-0.2, -0.15) is 0 Å². The Morgan fingerprint density at radius 2 is 1.48 bits per heavy atom. The zero-order chi connectivity index (χ0) is 30.3. The number of rotatable bonds is 12. The van der Waals surface area contributed by atoms with Crippen molar-refractivity contribution in [1.29, 1.82) is 5.41 Å². The number of carboxylic acid groups (broad SMARTS) is 1. The molecule has 0 saturated heterocycles. The number of carbonyl (C=O) groups excluding carboxylic acids is 1. The monoisotopic (exact) mass is 568 g/mol. The fourth-order valence-electron chi connectivity index (χ4n) is 4.01. The highest BCUT2D eigenvalue weighted by atomic mass is 16.5. The van der Waals surface area contributed by atoms with Crippen LogP contribution in [0.2, 0.25) is 0 Å². The lowest BCUT2D eigenvalue weighted by atomic mass is 10.0. The number of benzene rings is 4. The summed E-state index contributed by atoms with van der Waals surface area (Å²) in [7, 11) is 1.58. The van der Waals surface area contributed by atoms with Crippen molar-refractivity contribution >= 4 is 23.4 Å². The highest BCUT2D eigenvalue weighted by molar-refractivity contribution is 5.95. The van der Waals surface area contributed by atoms with Crippen molar-refractivity contribution in [3.63, 3.8) is 0 Å². The van der Waals surface area contributed by atoms with Crippen molar-refractivity contribution in [2.24, 2.45) is 5.73 Å². The Morgan fingerprint density at radius 3 is 2.05 bits per heavy atom. The summed E-state index contributed by atoms with van der Waals surface area (Å²) in [5, 5.41) is 21.4. The van der Waals surface area contributed by atoms with E-state index in [1.807, 2.05) is 78.9 Å². The second-order valence-electron chi connectivity index (χ2n) is 9.30. The van der Waals surface area contributed by atoms with Crippen molar-refractivity contribution in [2.45, 2.75) is 26.0 Å². The lowest BCUT2D eigenvalue weighted by Gasteiger charge is -2.22. The normalized spacial score (nSPS) is 10.8. The number of carbonyl (C=O) groups is 2.